The Hall–Kier alpha value is -1.66. The van der Waals surface area contributed by atoms with E-state index in [4.69, 9.17) is 4.74 Å². The zero-order valence-electron chi connectivity index (χ0n) is 14.1. The highest BCUT2D eigenvalue weighted by Crippen LogP contribution is 2.71. The second-order valence-corrected chi connectivity index (χ2v) is 10.6. The Balaban J connectivity index is 1.69. The number of rotatable bonds is 5. The van der Waals surface area contributed by atoms with E-state index < -0.39 is 7.26 Å². The lowest BCUT2D eigenvalue weighted by Gasteiger charge is -2.14. The van der Waals surface area contributed by atoms with E-state index >= 15 is 0 Å². The van der Waals surface area contributed by atoms with Crippen LogP contribution >= 0.6 is 7.26 Å². The third-order valence-electron chi connectivity index (χ3n) is 4.55. The van der Waals surface area contributed by atoms with Gasteiger partial charge in [-0.25, -0.2) is 4.79 Å². The molecule has 0 unspecified atom stereocenters. The molecule has 3 rings (SSSR count). The maximum absolute atomic E-state index is 12.3. The molecule has 3 heteroatoms. The van der Waals surface area contributed by atoms with Crippen molar-refractivity contribution in [2.75, 3.05) is 18.5 Å². The Bertz CT molecular complexity index is 695. The molecule has 1 saturated heterocycles. The molecule has 120 valence electrons. The number of aryl methyl sites for hydroxylation is 3. The number of ether oxygens (including phenoxy) is 1. The highest BCUT2D eigenvalue weighted by Gasteiger charge is 2.57. The van der Waals surface area contributed by atoms with Crippen LogP contribution in [0.1, 0.15) is 22.3 Å². The monoisotopic (exact) mass is 327 g/mol. The van der Waals surface area contributed by atoms with Crippen LogP contribution in [0, 0.1) is 20.8 Å². The lowest BCUT2D eigenvalue weighted by Crippen LogP contribution is -2.19. The fourth-order valence-corrected chi connectivity index (χ4v) is 7.63. The van der Waals surface area contributed by atoms with E-state index in [1.54, 1.807) is 0 Å². The van der Waals surface area contributed by atoms with Crippen molar-refractivity contribution < 1.29 is 9.53 Å². The number of benzene rings is 2. The molecule has 0 saturated carbocycles. The second kappa shape index (κ2) is 6.45. The molecule has 2 aromatic carbocycles. The predicted molar refractivity (Wildman–Crippen MR) is 98.0 cm³/mol. The molecule has 1 aliphatic rings. The lowest BCUT2D eigenvalue weighted by atomic mass is 10.1. The molecular weight excluding hydrogens is 303 g/mol. The van der Waals surface area contributed by atoms with Gasteiger partial charge in [0.1, 0.15) is 11.9 Å². The van der Waals surface area contributed by atoms with Crippen LogP contribution in [-0.2, 0) is 16.1 Å². The summed E-state index contributed by atoms with van der Waals surface area (Å²) in [5, 5.41) is 1.47. The summed E-state index contributed by atoms with van der Waals surface area (Å²) in [6.07, 6.45) is 2.99. The first kappa shape index (κ1) is 16.2. The van der Waals surface area contributed by atoms with Gasteiger partial charge in [0.2, 0.25) is 0 Å². The summed E-state index contributed by atoms with van der Waals surface area (Å²) in [5.41, 5.74) is 5.05. The van der Waals surface area contributed by atoms with Gasteiger partial charge in [-0.3, -0.25) is 0 Å². The molecule has 0 radical (unpaired) electrons. The van der Waals surface area contributed by atoms with Crippen LogP contribution in [0.4, 0.5) is 0 Å². The molecule has 0 bridgehead atoms. The molecule has 0 spiro atoms. The molecule has 1 aliphatic heterocycles. The van der Waals surface area contributed by atoms with E-state index in [1.807, 2.05) is 30.3 Å². The standard InChI is InChI=1S/C20H24O2P/c1-15-11-16(2)20(17(3)12-15)23(9-10-23)14-19(21)22-13-18-7-5-4-6-8-18/h4-8,11-12H,9-10,13-14H2,1-3H3/q+1. The molecule has 0 aromatic heterocycles. The van der Waals surface area contributed by atoms with Gasteiger partial charge in [0.15, 0.2) is 6.16 Å². The third kappa shape index (κ3) is 3.64. The Labute approximate surface area is 139 Å². The van der Waals surface area contributed by atoms with Crippen LogP contribution in [0.2, 0.25) is 0 Å². The lowest BCUT2D eigenvalue weighted by molar-refractivity contribution is -0.141. The smallest absolute Gasteiger partial charge is 0.344 e. The summed E-state index contributed by atoms with van der Waals surface area (Å²) in [5.74, 6) is -0.0425. The van der Waals surface area contributed by atoms with Gasteiger partial charge in [0.25, 0.3) is 0 Å². The number of hydrogen-bond donors (Lipinski definition) is 0. The number of hydrogen-bond acceptors (Lipinski definition) is 2. The maximum atomic E-state index is 12.3. The van der Waals surface area contributed by atoms with Crippen molar-refractivity contribution in [2.24, 2.45) is 0 Å². The zero-order valence-corrected chi connectivity index (χ0v) is 15.0. The van der Waals surface area contributed by atoms with Crippen molar-refractivity contribution >= 4 is 18.5 Å². The highest BCUT2D eigenvalue weighted by atomic mass is 31.2. The summed E-state index contributed by atoms with van der Waals surface area (Å²) in [6.45, 7) is 6.89. The topological polar surface area (TPSA) is 26.3 Å². The largest absolute Gasteiger partial charge is 0.458 e. The fraction of sp³-hybridized carbons (Fsp3) is 0.350. The SMILES string of the molecule is Cc1cc(C)c([P+]2(CC(=O)OCc3ccccc3)CC2)c(C)c1. The predicted octanol–water partition coefficient (Wildman–Crippen LogP) is 4.01. The van der Waals surface area contributed by atoms with Gasteiger partial charge in [-0.1, -0.05) is 48.0 Å². The molecular formula is C20H24O2P+. The average molecular weight is 327 g/mol. The quantitative estimate of drug-likeness (QED) is 0.613. The molecule has 0 atom stereocenters. The number of carbonyl (C=O) groups is 1. The van der Waals surface area contributed by atoms with Crippen LogP contribution in [0.25, 0.3) is 0 Å². The van der Waals surface area contributed by atoms with E-state index in [0.29, 0.717) is 12.8 Å². The molecule has 0 N–H and O–H groups in total. The van der Waals surface area contributed by atoms with E-state index in [2.05, 4.69) is 32.9 Å². The van der Waals surface area contributed by atoms with Crippen molar-refractivity contribution in [3.05, 3.63) is 64.7 Å². The van der Waals surface area contributed by atoms with Crippen LogP contribution < -0.4 is 5.30 Å². The van der Waals surface area contributed by atoms with E-state index in [-0.39, 0.29) is 5.97 Å². The summed E-state index contributed by atoms with van der Waals surface area (Å²) >= 11 is 0. The van der Waals surface area contributed by atoms with Crippen molar-refractivity contribution in [3.8, 4) is 0 Å². The van der Waals surface area contributed by atoms with Crippen molar-refractivity contribution in [1.29, 1.82) is 0 Å². The van der Waals surface area contributed by atoms with Crippen molar-refractivity contribution in [3.63, 3.8) is 0 Å². The summed E-state index contributed by atoms with van der Waals surface area (Å²) in [7, 11) is -1.29. The minimum absolute atomic E-state index is 0.0425. The van der Waals surface area contributed by atoms with Gasteiger partial charge < -0.3 is 4.74 Å². The van der Waals surface area contributed by atoms with Crippen LogP contribution in [0.15, 0.2) is 42.5 Å². The molecule has 2 aromatic rings. The second-order valence-electron chi connectivity index (χ2n) is 6.64. The molecule has 2 nitrogen and oxygen atoms in total. The normalized spacial score (nSPS) is 15.3. The number of carbonyl (C=O) groups excluding carboxylic acids is 1. The van der Waals surface area contributed by atoms with E-state index in [9.17, 15) is 4.79 Å². The molecule has 1 fully saturated rings. The van der Waals surface area contributed by atoms with Gasteiger partial charge >= 0.3 is 5.97 Å². The average Bonchev–Trinajstić information content (AvgIpc) is 3.25. The van der Waals surface area contributed by atoms with E-state index in [0.717, 1.165) is 5.56 Å². The summed E-state index contributed by atoms with van der Waals surface area (Å²) < 4.78 is 5.52. The van der Waals surface area contributed by atoms with Crippen LogP contribution in [0.3, 0.4) is 0 Å². The van der Waals surface area contributed by atoms with Gasteiger partial charge in [-0.2, -0.15) is 0 Å². The molecule has 1 heterocycles. The first-order valence-electron chi connectivity index (χ1n) is 8.14. The Kier molecular flexibility index (Phi) is 4.55. The Morgan fingerprint density at radius 3 is 2.22 bits per heavy atom. The zero-order chi connectivity index (χ0) is 16.4. The molecule has 0 amide bonds. The van der Waals surface area contributed by atoms with Gasteiger partial charge in [-0.05, 0) is 37.5 Å². The Morgan fingerprint density at radius 2 is 1.65 bits per heavy atom. The van der Waals surface area contributed by atoms with Crippen molar-refractivity contribution in [2.45, 2.75) is 27.4 Å². The fourth-order valence-electron chi connectivity index (χ4n) is 3.53. The first-order chi connectivity index (χ1) is 11.0. The minimum Gasteiger partial charge on any atom is -0.458 e. The van der Waals surface area contributed by atoms with Gasteiger partial charge in [0, 0.05) is 0 Å². The van der Waals surface area contributed by atoms with Gasteiger partial charge in [0.05, 0.1) is 19.6 Å². The first-order valence-corrected chi connectivity index (χ1v) is 10.5. The van der Waals surface area contributed by atoms with E-state index in [1.165, 1.54) is 34.3 Å². The molecule has 23 heavy (non-hydrogen) atoms. The van der Waals surface area contributed by atoms with Gasteiger partial charge in [-0.15, -0.1) is 0 Å². The Morgan fingerprint density at radius 1 is 1.04 bits per heavy atom. The maximum Gasteiger partial charge on any atom is 0.344 e. The number of esters is 1. The van der Waals surface area contributed by atoms with Crippen molar-refractivity contribution in [1.82, 2.24) is 0 Å². The van der Waals surface area contributed by atoms with Crippen LogP contribution in [0.5, 0.6) is 0 Å². The highest BCUT2D eigenvalue weighted by molar-refractivity contribution is 7.90. The third-order valence-corrected chi connectivity index (χ3v) is 8.59. The molecule has 0 aliphatic carbocycles. The minimum atomic E-state index is -1.29. The summed E-state index contributed by atoms with van der Waals surface area (Å²) in [6, 6.07) is 14.4. The summed E-state index contributed by atoms with van der Waals surface area (Å²) in [4.78, 5) is 12.3. The van der Waals surface area contributed by atoms with Crippen LogP contribution in [-0.4, -0.2) is 24.5 Å².